The van der Waals surface area contributed by atoms with Crippen LogP contribution in [0.25, 0.3) is 10.9 Å². The Balaban J connectivity index is 2.62. The van der Waals surface area contributed by atoms with Crippen LogP contribution in [0.15, 0.2) is 24.3 Å². The number of pyridine rings is 1. The number of carbonyl (C=O) groups excluding carboxylic acids is 1. The van der Waals surface area contributed by atoms with Gasteiger partial charge in [-0.05, 0) is 44.0 Å². The summed E-state index contributed by atoms with van der Waals surface area (Å²) in [6, 6.07) is 8.20. The van der Waals surface area contributed by atoms with Crippen molar-refractivity contribution in [2.75, 3.05) is 18.0 Å². The van der Waals surface area contributed by atoms with E-state index in [0.29, 0.717) is 5.56 Å². The normalized spacial score (nSPS) is 10.7. The Morgan fingerprint density at radius 1 is 1.16 bits per heavy atom. The van der Waals surface area contributed by atoms with E-state index in [2.05, 4.69) is 42.8 Å². The maximum Gasteiger partial charge on any atom is 0.153 e. The van der Waals surface area contributed by atoms with E-state index in [0.717, 1.165) is 42.5 Å². The molecule has 19 heavy (non-hydrogen) atoms. The van der Waals surface area contributed by atoms with Crippen molar-refractivity contribution in [3.8, 4) is 0 Å². The molecule has 1 heterocycles. The number of hydrogen-bond donors (Lipinski definition) is 0. The summed E-state index contributed by atoms with van der Waals surface area (Å²) < 4.78 is 0. The Morgan fingerprint density at radius 3 is 2.47 bits per heavy atom. The molecule has 3 heteroatoms. The van der Waals surface area contributed by atoms with Gasteiger partial charge < -0.3 is 4.90 Å². The minimum atomic E-state index is 0.671. The highest BCUT2D eigenvalue weighted by atomic mass is 16.1. The molecule has 2 aromatic rings. The van der Waals surface area contributed by atoms with Gasteiger partial charge in [0.1, 0.15) is 5.82 Å². The molecule has 1 aromatic heterocycles. The fraction of sp³-hybridized carbons (Fsp3) is 0.375. The van der Waals surface area contributed by atoms with Crippen molar-refractivity contribution < 1.29 is 4.79 Å². The zero-order chi connectivity index (χ0) is 13.8. The van der Waals surface area contributed by atoms with Gasteiger partial charge in [-0.3, -0.25) is 4.79 Å². The molecule has 0 aliphatic carbocycles. The molecular weight excluding hydrogens is 236 g/mol. The van der Waals surface area contributed by atoms with Gasteiger partial charge in [-0.15, -0.1) is 0 Å². The van der Waals surface area contributed by atoms with Crippen LogP contribution in [0.4, 0.5) is 5.82 Å². The minimum absolute atomic E-state index is 0.671. The van der Waals surface area contributed by atoms with Gasteiger partial charge in [-0.25, -0.2) is 4.98 Å². The molecule has 0 aliphatic heterocycles. The van der Waals surface area contributed by atoms with E-state index in [9.17, 15) is 4.79 Å². The molecule has 2 rings (SSSR count). The Labute approximate surface area is 114 Å². The molecule has 3 nitrogen and oxygen atoms in total. The largest absolute Gasteiger partial charge is 0.357 e. The molecule has 0 fully saturated rings. The third-order valence-corrected chi connectivity index (χ3v) is 3.49. The van der Waals surface area contributed by atoms with Crippen LogP contribution in [0.1, 0.15) is 36.7 Å². The number of fused-ring (bicyclic) bond motifs is 1. The quantitative estimate of drug-likeness (QED) is 0.768. The molecule has 0 aliphatic rings. The first-order valence-electron chi connectivity index (χ1n) is 6.87. The Morgan fingerprint density at radius 2 is 1.89 bits per heavy atom. The van der Waals surface area contributed by atoms with Gasteiger partial charge in [0.05, 0.1) is 11.1 Å². The number of aryl methyl sites for hydroxylation is 1. The van der Waals surface area contributed by atoms with Crippen LogP contribution in [0.5, 0.6) is 0 Å². The Hall–Kier alpha value is -1.90. The smallest absolute Gasteiger partial charge is 0.153 e. The van der Waals surface area contributed by atoms with Crippen LogP contribution < -0.4 is 4.90 Å². The van der Waals surface area contributed by atoms with Crippen molar-refractivity contribution in [3.05, 3.63) is 35.4 Å². The fourth-order valence-corrected chi connectivity index (χ4v) is 2.32. The highest BCUT2D eigenvalue weighted by Crippen LogP contribution is 2.23. The first-order valence-corrected chi connectivity index (χ1v) is 6.87. The third-order valence-electron chi connectivity index (χ3n) is 3.49. The Kier molecular flexibility index (Phi) is 4.15. The summed E-state index contributed by atoms with van der Waals surface area (Å²) in [4.78, 5) is 18.1. The number of benzene rings is 1. The molecule has 0 saturated heterocycles. The molecule has 0 radical (unpaired) electrons. The molecule has 0 amide bonds. The molecule has 0 spiro atoms. The van der Waals surface area contributed by atoms with Crippen molar-refractivity contribution in [1.82, 2.24) is 4.98 Å². The molecule has 0 atom stereocenters. The van der Waals surface area contributed by atoms with Crippen LogP contribution in [0.2, 0.25) is 0 Å². The van der Waals surface area contributed by atoms with Crippen molar-refractivity contribution in [2.24, 2.45) is 0 Å². The maximum atomic E-state index is 11.3. The van der Waals surface area contributed by atoms with Gasteiger partial charge in [-0.1, -0.05) is 13.0 Å². The third kappa shape index (κ3) is 2.60. The molecule has 0 bridgehead atoms. The molecule has 0 N–H and O–H groups in total. The molecule has 1 aromatic carbocycles. The van der Waals surface area contributed by atoms with Gasteiger partial charge in [0, 0.05) is 18.5 Å². The lowest BCUT2D eigenvalue weighted by Crippen LogP contribution is -2.24. The predicted molar refractivity (Wildman–Crippen MR) is 80.1 cm³/mol. The second kappa shape index (κ2) is 5.83. The van der Waals surface area contributed by atoms with E-state index >= 15 is 0 Å². The first kappa shape index (κ1) is 13.5. The number of rotatable bonds is 5. The van der Waals surface area contributed by atoms with Crippen molar-refractivity contribution in [2.45, 2.75) is 27.2 Å². The van der Waals surface area contributed by atoms with Crippen molar-refractivity contribution in [3.63, 3.8) is 0 Å². The molecule has 100 valence electrons. The van der Waals surface area contributed by atoms with Gasteiger partial charge >= 0.3 is 0 Å². The highest BCUT2D eigenvalue weighted by Gasteiger charge is 2.11. The SMILES string of the molecule is CCc1ccc2nc(N(CC)CC)c(C=O)cc2c1. The summed E-state index contributed by atoms with van der Waals surface area (Å²) >= 11 is 0. The van der Waals surface area contributed by atoms with E-state index in [-0.39, 0.29) is 0 Å². The number of aromatic nitrogens is 1. The number of anilines is 1. The van der Waals surface area contributed by atoms with E-state index in [1.165, 1.54) is 5.56 Å². The molecule has 0 saturated carbocycles. The summed E-state index contributed by atoms with van der Waals surface area (Å²) in [6.45, 7) is 7.97. The second-order valence-corrected chi connectivity index (χ2v) is 4.57. The summed E-state index contributed by atoms with van der Waals surface area (Å²) in [7, 11) is 0. The van der Waals surface area contributed by atoms with E-state index in [4.69, 9.17) is 0 Å². The van der Waals surface area contributed by atoms with E-state index in [1.807, 2.05) is 12.1 Å². The molecule has 0 unspecified atom stereocenters. The van der Waals surface area contributed by atoms with Crippen LogP contribution >= 0.6 is 0 Å². The summed E-state index contributed by atoms with van der Waals surface area (Å²) in [5, 5.41) is 1.04. The highest BCUT2D eigenvalue weighted by molar-refractivity contribution is 5.92. The topological polar surface area (TPSA) is 33.2 Å². The van der Waals surface area contributed by atoms with Crippen LogP contribution in [-0.4, -0.2) is 24.4 Å². The van der Waals surface area contributed by atoms with Crippen molar-refractivity contribution >= 4 is 23.0 Å². The van der Waals surface area contributed by atoms with Crippen LogP contribution in [0, 0.1) is 0 Å². The predicted octanol–water partition coefficient (Wildman–Crippen LogP) is 3.46. The van der Waals surface area contributed by atoms with Crippen molar-refractivity contribution in [1.29, 1.82) is 0 Å². The Bertz CT molecular complexity index is 589. The zero-order valence-corrected chi connectivity index (χ0v) is 11.8. The fourth-order valence-electron chi connectivity index (χ4n) is 2.32. The van der Waals surface area contributed by atoms with Crippen LogP contribution in [0.3, 0.4) is 0 Å². The number of aldehydes is 1. The number of nitrogens with zero attached hydrogens (tertiary/aromatic N) is 2. The van der Waals surface area contributed by atoms with Gasteiger partial charge in [0.15, 0.2) is 6.29 Å². The summed E-state index contributed by atoms with van der Waals surface area (Å²) in [5.74, 6) is 0.789. The monoisotopic (exact) mass is 256 g/mol. The molecular formula is C16H20N2O. The second-order valence-electron chi connectivity index (χ2n) is 4.57. The van der Waals surface area contributed by atoms with Gasteiger partial charge in [0.2, 0.25) is 0 Å². The zero-order valence-electron chi connectivity index (χ0n) is 11.8. The maximum absolute atomic E-state index is 11.3. The van der Waals surface area contributed by atoms with E-state index in [1.54, 1.807) is 0 Å². The lowest BCUT2D eigenvalue weighted by atomic mass is 10.1. The standard InChI is InChI=1S/C16H20N2O/c1-4-12-7-8-15-13(9-12)10-14(11-19)16(17-15)18(5-2)6-3/h7-11H,4-6H2,1-3H3. The lowest BCUT2D eigenvalue weighted by Gasteiger charge is -2.21. The average molecular weight is 256 g/mol. The lowest BCUT2D eigenvalue weighted by molar-refractivity contribution is 0.112. The average Bonchev–Trinajstić information content (AvgIpc) is 2.47. The number of hydrogen-bond acceptors (Lipinski definition) is 3. The summed E-state index contributed by atoms with van der Waals surface area (Å²) in [6.07, 6.45) is 1.89. The van der Waals surface area contributed by atoms with E-state index < -0.39 is 0 Å². The van der Waals surface area contributed by atoms with Gasteiger partial charge in [0.25, 0.3) is 0 Å². The minimum Gasteiger partial charge on any atom is -0.357 e. The summed E-state index contributed by atoms with van der Waals surface area (Å²) in [5.41, 5.74) is 2.89. The van der Waals surface area contributed by atoms with Gasteiger partial charge in [-0.2, -0.15) is 0 Å². The number of carbonyl (C=O) groups is 1. The first-order chi connectivity index (χ1) is 9.23. The van der Waals surface area contributed by atoms with Crippen LogP contribution in [-0.2, 0) is 6.42 Å².